The highest BCUT2D eigenvalue weighted by atomic mass is 32.2. The molecule has 1 atom stereocenters. The summed E-state index contributed by atoms with van der Waals surface area (Å²) in [4.78, 5) is 11.7. The van der Waals surface area contributed by atoms with Gasteiger partial charge in [-0.15, -0.1) is 0 Å². The van der Waals surface area contributed by atoms with Crippen molar-refractivity contribution in [2.45, 2.75) is 38.5 Å². The van der Waals surface area contributed by atoms with E-state index in [4.69, 9.17) is 8.92 Å². The summed E-state index contributed by atoms with van der Waals surface area (Å²) in [6.07, 6.45) is 0.566. The quantitative estimate of drug-likeness (QED) is 0.392. The molecular weight excluding hydrogens is 316 g/mol. The maximum Gasteiger partial charge on any atom is 0.306 e. The molecule has 0 bridgehead atoms. The fourth-order valence-electron chi connectivity index (χ4n) is 2.02. The molecule has 1 aromatic rings. The summed E-state index contributed by atoms with van der Waals surface area (Å²) in [5.74, 6) is -0.482. The van der Waals surface area contributed by atoms with Crippen molar-refractivity contribution in [1.29, 1.82) is 0 Å². The molecule has 1 aromatic carbocycles. The first kappa shape index (κ1) is 19.4. The van der Waals surface area contributed by atoms with Gasteiger partial charge in [0, 0.05) is 0 Å². The second-order valence-electron chi connectivity index (χ2n) is 5.43. The Bertz CT molecular complexity index is 631. The van der Waals surface area contributed by atoms with Gasteiger partial charge in [-0.3, -0.25) is 8.98 Å². The Balaban J connectivity index is 2.60. The van der Waals surface area contributed by atoms with Gasteiger partial charge in [0.15, 0.2) is 0 Å². The largest absolute Gasteiger partial charge is 0.466 e. The van der Waals surface area contributed by atoms with Crippen molar-refractivity contribution in [1.82, 2.24) is 0 Å². The predicted octanol–water partition coefficient (Wildman–Crippen LogP) is 3.24. The lowest BCUT2D eigenvalue weighted by atomic mass is 9.95. The van der Waals surface area contributed by atoms with Gasteiger partial charge in [0.05, 0.1) is 24.5 Å². The number of carbonyl (C=O) groups is 1. The van der Waals surface area contributed by atoms with Crippen LogP contribution in [0.3, 0.4) is 0 Å². The van der Waals surface area contributed by atoms with Crippen LogP contribution in [0.2, 0.25) is 0 Å². The van der Waals surface area contributed by atoms with E-state index in [1.165, 1.54) is 12.1 Å². The Hall–Kier alpha value is -1.66. The van der Waals surface area contributed by atoms with Crippen LogP contribution in [-0.2, 0) is 23.8 Å². The van der Waals surface area contributed by atoms with Crippen LogP contribution in [0.5, 0.6) is 0 Å². The van der Waals surface area contributed by atoms with Crippen LogP contribution in [0.4, 0.5) is 0 Å². The van der Waals surface area contributed by atoms with E-state index in [-0.39, 0.29) is 29.8 Å². The average Bonchev–Trinajstić information content (AvgIpc) is 2.46. The summed E-state index contributed by atoms with van der Waals surface area (Å²) in [5, 5.41) is 0. The fraction of sp³-hybridized carbons (Fsp3) is 0.471. The van der Waals surface area contributed by atoms with E-state index in [2.05, 4.69) is 6.58 Å². The SMILES string of the molecule is C=C(C)C(CCOS(=O)(=O)c1ccc(C)cc1)CC(=O)OCC. The van der Waals surface area contributed by atoms with E-state index in [1.54, 1.807) is 26.0 Å². The fourth-order valence-corrected chi connectivity index (χ4v) is 2.94. The second kappa shape index (κ2) is 8.84. The molecule has 0 N–H and O–H groups in total. The van der Waals surface area contributed by atoms with Gasteiger partial charge in [-0.25, -0.2) is 0 Å². The van der Waals surface area contributed by atoms with Gasteiger partial charge < -0.3 is 4.74 Å². The molecular formula is C17H24O5S. The van der Waals surface area contributed by atoms with Crippen molar-refractivity contribution >= 4 is 16.1 Å². The highest BCUT2D eigenvalue weighted by Crippen LogP contribution is 2.20. The molecule has 0 aliphatic carbocycles. The van der Waals surface area contributed by atoms with Crippen LogP contribution in [-0.4, -0.2) is 27.6 Å². The van der Waals surface area contributed by atoms with Crippen molar-refractivity contribution in [2.24, 2.45) is 5.92 Å². The van der Waals surface area contributed by atoms with Crippen LogP contribution in [0, 0.1) is 12.8 Å². The minimum Gasteiger partial charge on any atom is -0.466 e. The molecule has 0 aliphatic rings. The minimum absolute atomic E-state index is 0.00680. The number of carbonyl (C=O) groups excluding carboxylic acids is 1. The molecule has 0 heterocycles. The smallest absolute Gasteiger partial charge is 0.306 e. The number of hydrogen-bond acceptors (Lipinski definition) is 5. The Morgan fingerprint density at radius 2 is 1.87 bits per heavy atom. The third-order valence-electron chi connectivity index (χ3n) is 3.43. The summed E-state index contributed by atoms with van der Waals surface area (Å²) in [7, 11) is -3.78. The molecule has 6 heteroatoms. The third kappa shape index (κ3) is 6.54. The molecule has 5 nitrogen and oxygen atoms in total. The van der Waals surface area contributed by atoms with Crippen LogP contribution < -0.4 is 0 Å². The first-order chi connectivity index (χ1) is 10.8. The van der Waals surface area contributed by atoms with Crippen LogP contribution in [0.1, 0.15) is 32.3 Å². The van der Waals surface area contributed by atoms with Crippen LogP contribution in [0.15, 0.2) is 41.3 Å². The highest BCUT2D eigenvalue weighted by molar-refractivity contribution is 7.86. The van der Waals surface area contributed by atoms with E-state index in [0.29, 0.717) is 13.0 Å². The number of rotatable bonds is 9. The standard InChI is InChI=1S/C17H24O5S/c1-5-21-17(18)12-15(13(2)3)10-11-22-23(19,20)16-8-6-14(4)7-9-16/h6-9,15H,2,5,10-12H2,1,3-4H3. The Labute approximate surface area is 138 Å². The maximum absolute atomic E-state index is 12.1. The lowest BCUT2D eigenvalue weighted by molar-refractivity contribution is -0.144. The number of allylic oxidation sites excluding steroid dienone is 1. The molecule has 128 valence electrons. The first-order valence-corrected chi connectivity index (χ1v) is 8.94. The zero-order valence-corrected chi connectivity index (χ0v) is 14.7. The van der Waals surface area contributed by atoms with Crippen molar-refractivity contribution in [2.75, 3.05) is 13.2 Å². The van der Waals surface area contributed by atoms with Crippen molar-refractivity contribution in [3.8, 4) is 0 Å². The molecule has 0 amide bonds. The van der Waals surface area contributed by atoms with Gasteiger partial charge in [-0.1, -0.05) is 29.8 Å². The van der Waals surface area contributed by atoms with E-state index in [0.717, 1.165) is 11.1 Å². The third-order valence-corrected chi connectivity index (χ3v) is 4.76. The molecule has 0 saturated heterocycles. The summed E-state index contributed by atoms with van der Waals surface area (Å²) < 4.78 is 34.1. The van der Waals surface area contributed by atoms with Gasteiger partial charge in [-0.05, 0) is 45.2 Å². The molecule has 1 unspecified atom stereocenters. The molecule has 0 fully saturated rings. The normalized spacial score (nSPS) is 12.7. The molecule has 0 radical (unpaired) electrons. The maximum atomic E-state index is 12.1. The van der Waals surface area contributed by atoms with E-state index in [1.807, 2.05) is 6.92 Å². The van der Waals surface area contributed by atoms with Gasteiger partial charge >= 0.3 is 5.97 Å². The van der Waals surface area contributed by atoms with Gasteiger partial charge in [0.2, 0.25) is 0 Å². The molecule has 0 spiro atoms. The molecule has 0 saturated carbocycles. The zero-order chi connectivity index (χ0) is 17.5. The average molecular weight is 340 g/mol. The molecule has 23 heavy (non-hydrogen) atoms. The summed E-state index contributed by atoms with van der Waals surface area (Å²) in [6, 6.07) is 6.46. The zero-order valence-electron chi connectivity index (χ0n) is 13.9. The van der Waals surface area contributed by atoms with Crippen molar-refractivity contribution in [3.05, 3.63) is 42.0 Å². The second-order valence-corrected chi connectivity index (χ2v) is 7.05. The van der Waals surface area contributed by atoms with E-state index >= 15 is 0 Å². The van der Waals surface area contributed by atoms with Crippen molar-refractivity contribution < 1.29 is 22.1 Å². The monoisotopic (exact) mass is 340 g/mol. The molecule has 0 aliphatic heterocycles. The molecule has 0 aromatic heterocycles. The van der Waals surface area contributed by atoms with E-state index < -0.39 is 10.1 Å². The summed E-state index contributed by atoms with van der Waals surface area (Å²) >= 11 is 0. The Morgan fingerprint density at radius 1 is 1.26 bits per heavy atom. The van der Waals surface area contributed by atoms with Crippen molar-refractivity contribution in [3.63, 3.8) is 0 Å². The number of esters is 1. The lowest BCUT2D eigenvalue weighted by Gasteiger charge is -2.16. The van der Waals surface area contributed by atoms with Crippen LogP contribution >= 0.6 is 0 Å². The Morgan fingerprint density at radius 3 is 2.39 bits per heavy atom. The lowest BCUT2D eigenvalue weighted by Crippen LogP contribution is -2.16. The van der Waals surface area contributed by atoms with E-state index in [9.17, 15) is 13.2 Å². The van der Waals surface area contributed by atoms with Gasteiger partial charge in [0.25, 0.3) is 10.1 Å². The predicted molar refractivity (Wildman–Crippen MR) is 88.5 cm³/mol. The topological polar surface area (TPSA) is 69.7 Å². The van der Waals surface area contributed by atoms with Gasteiger partial charge in [0.1, 0.15) is 0 Å². The number of aryl methyl sites for hydroxylation is 1. The summed E-state index contributed by atoms with van der Waals surface area (Å²) in [6.45, 7) is 9.58. The number of benzene rings is 1. The highest BCUT2D eigenvalue weighted by Gasteiger charge is 2.19. The molecule has 1 rings (SSSR count). The van der Waals surface area contributed by atoms with Gasteiger partial charge in [-0.2, -0.15) is 8.42 Å². The Kier molecular flexibility index (Phi) is 7.45. The number of hydrogen-bond donors (Lipinski definition) is 0. The first-order valence-electron chi connectivity index (χ1n) is 7.53. The van der Waals surface area contributed by atoms with Crippen LogP contribution in [0.25, 0.3) is 0 Å². The summed E-state index contributed by atoms with van der Waals surface area (Å²) in [5.41, 5.74) is 1.77. The minimum atomic E-state index is -3.78. The number of ether oxygens (including phenoxy) is 1.